The van der Waals surface area contributed by atoms with E-state index in [4.69, 9.17) is 31.8 Å². The highest BCUT2D eigenvalue weighted by Gasteiger charge is 2.18. The maximum atomic E-state index is 6.52. The Morgan fingerprint density at radius 1 is 1.39 bits per heavy atom. The largest absolute Gasteiger partial charge is 0.487 e. The average Bonchev–Trinajstić information content (AvgIpc) is 3.34. The van der Waals surface area contributed by atoms with Gasteiger partial charge in [-0.25, -0.2) is 4.98 Å². The number of pyridine rings is 2. The summed E-state index contributed by atoms with van der Waals surface area (Å²) in [5.41, 5.74) is 9.94. The first kappa shape index (κ1) is 23.5. The van der Waals surface area contributed by atoms with Crippen LogP contribution in [0.15, 0.2) is 58.8 Å². The van der Waals surface area contributed by atoms with Crippen LogP contribution in [-0.4, -0.2) is 41.2 Å². The number of nitrogens with two attached hydrogens (primary N) is 1. The molecule has 172 valence electrons. The zero-order valence-electron chi connectivity index (χ0n) is 18.8. The Hall–Kier alpha value is -2.61. The Bertz CT molecular complexity index is 1190. The molecule has 1 aliphatic rings. The number of ether oxygens (including phenoxy) is 2. The summed E-state index contributed by atoms with van der Waals surface area (Å²) in [5, 5.41) is 1.54. The molecule has 0 spiro atoms. The van der Waals surface area contributed by atoms with E-state index in [-0.39, 0.29) is 6.10 Å². The van der Waals surface area contributed by atoms with Crippen molar-refractivity contribution in [1.82, 2.24) is 9.97 Å². The van der Waals surface area contributed by atoms with Gasteiger partial charge in [0.2, 0.25) is 0 Å². The fourth-order valence-corrected chi connectivity index (χ4v) is 5.25. The summed E-state index contributed by atoms with van der Waals surface area (Å²) in [6.45, 7) is 3.12. The highest BCUT2D eigenvalue weighted by atomic mass is 35.5. The Balaban J connectivity index is 1.62. The monoisotopic (exact) mass is 482 g/mol. The number of aromatic nitrogens is 2. The van der Waals surface area contributed by atoms with E-state index >= 15 is 0 Å². The topological polar surface area (TPSA) is 82.6 Å². The van der Waals surface area contributed by atoms with Crippen molar-refractivity contribution in [3.8, 4) is 5.75 Å². The van der Waals surface area contributed by atoms with Gasteiger partial charge in [-0.2, -0.15) is 0 Å². The van der Waals surface area contributed by atoms with Crippen LogP contribution in [0, 0.1) is 6.92 Å². The van der Waals surface area contributed by atoms with Gasteiger partial charge in [-0.1, -0.05) is 23.7 Å². The lowest BCUT2D eigenvalue weighted by molar-refractivity contribution is 0.129. The first-order chi connectivity index (χ1) is 16.1. The fourth-order valence-electron chi connectivity index (χ4n) is 3.87. The molecule has 1 aromatic carbocycles. The van der Waals surface area contributed by atoms with Crippen molar-refractivity contribution >= 4 is 40.0 Å². The minimum atomic E-state index is 0.281. The zero-order valence-corrected chi connectivity index (χ0v) is 20.3. The van der Waals surface area contributed by atoms with Crippen LogP contribution in [-0.2, 0) is 11.3 Å². The minimum absolute atomic E-state index is 0.281. The summed E-state index contributed by atoms with van der Waals surface area (Å²) in [7, 11) is 1.75. The Morgan fingerprint density at radius 3 is 3.03 bits per heavy atom. The SMILES string of the molecule is CN=C(/C=C\N)c1cc(C)nc2c(OCc3c(Cl)cncc3SCC3CCCO3)cccc12. The summed E-state index contributed by atoms with van der Waals surface area (Å²) in [6, 6.07) is 7.91. The van der Waals surface area contributed by atoms with E-state index in [0.29, 0.717) is 17.4 Å². The molecule has 1 unspecified atom stereocenters. The van der Waals surface area contributed by atoms with E-state index in [1.165, 1.54) is 6.20 Å². The summed E-state index contributed by atoms with van der Waals surface area (Å²) in [4.78, 5) is 14.4. The predicted molar refractivity (Wildman–Crippen MR) is 136 cm³/mol. The van der Waals surface area contributed by atoms with Gasteiger partial charge in [-0.15, -0.1) is 11.8 Å². The molecule has 3 aromatic rings. The smallest absolute Gasteiger partial charge is 0.146 e. The maximum absolute atomic E-state index is 6.52. The lowest BCUT2D eigenvalue weighted by atomic mass is 10.0. The van der Waals surface area contributed by atoms with Gasteiger partial charge in [0.25, 0.3) is 0 Å². The number of aliphatic imine (C=N–C) groups is 1. The second-order valence-electron chi connectivity index (χ2n) is 7.76. The first-order valence-electron chi connectivity index (χ1n) is 10.9. The van der Waals surface area contributed by atoms with Gasteiger partial charge < -0.3 is 15.2 Å². The second kappa shape index (κ2) is 11.0. The Kier molecular flexibility index (Phi) is 7.85. The zero-order chi connectivity index (χ0) is 23.2. The van der Waals surface area contributed by atoms with Crippen molar-refractivity contribution in [3.63, 3.8) is 0 Å². The molecule has 8 heteroatoms. The molecule has 4 rings (SSSR count). The summed E-state index contributed by atoms with van der Waals surface area (Å²) in [5.74, 6) is 1.56. The number of nitrogens with zero attached hydrogens (tertiary/aromatic N) is 3. The quantitative estimate of drug-likeness (QED) is 0.345. The van der Waals surface area contributed by atoms with Crippen LogP contribution in [0.1, 0.15) is 29.7 Å². The number of benzene rings is 1. The van der Waals surface area contributed by atoms with E-state index in [2.05, 4.69) is 9.98 Å². The van der Waals surface area contributed by atoms with Gasteiger partial charge in [-0.05, 0) is 44.2 Å². The van der Waals surface area contributed by atoms with Crippen LogP contribution in [0.2, 0.25) is 5.02 Å². The lowest BCUT2D eigenvalue weighted by Crippen LogP contribution is -2.09. The van der Waals surface area contributed by atoms with Crippen molar-refractivity contribution in [2.24, 2.45) is 10.7 Å². The first-order valence-corrected chi connectivity index (χ1v) is 12.2. The molecular formula is C25H27ClN4O2S. The van der Waals surface area contributed by atoms with E-state index in [1.807, 2.05) is 37.4 Å². The van der Waals surface area contributed by atoms with Crippen molar-refractivity contribution in [1.29, 1.82) is 0 Å². The number of fused-ring (bicyclic) bond motifs is 1. The minimum Gasteiger partial charge on any atom is -0.487 e. The molecule has 0 amide bonds. The van der Waals surface area contributed by atoms with Crippen LogP contribution >= 0.6 is 23.4 Å². The lowest BCUT2D eigenvalue weighted by Gasteiger charge is -2.15. The third-order valence-electron chi connectivity index (χ3n) is 5.49. The van der Waals surface area contributed by atoms with Crippen molar-refractivity contribution in [3.05, 3.63) is 70.8 Å². The molecule has 1 aliphatic heterocycles. The van der Waals surface area contributed by atoms with Crippen molar-refractivity contribution in [2.45, 2.75) is 37.4 Å². The van der Waals surface area contributed by atoms with Crippen LogP contribution in [0.5, 0.6) is 5.75 Å². The molecule has 1 fully saturated rings. The molecule has 0 radical (unpaired) electrons. The van der Waals surface area contributed by atoms with E-state index < -0.39 is 0 Å². The van der Waals surface area contributed by atoms with Gasteiger partial charge in [0, 0.05) is 58.9 Å². The van der Waals surface area contributed by atoms with E-state index in [1.54, 1.807) is 31.1 Å². The molecule has 0 saturated carbocycles. The standard InChI is InChI=1S/C25H27ClN4O2S/c1-16-11-19(22(28-2)8-9-27)18-6-3-7-23(25(18)30-16)32-14-20-21(26)12-29-13-24(20)33-15-17-5-4-10-31-17/h3,6-9,11-13,17H,4-5,10,14-15,27H2,1-2H3/b9-8-,28-22?. The van der Waals surface area contributed by atoms with Crippen molar-refractivity contribution < 1.29 is 9.47 Å². The molecular weight excluding hydrogens is 456 g/mol. The normalized spacial score (nSPS) is 16.7. The highest BCUT2D eigenvalue weighted by Crippen LogP contribution is 2.33. The van der Waals surface area contributed by atoms with Crippen LogP contribution in [0.3, 0.4) is 0 Å². The van der Waals surface area contributed by atoms with E-state index in [0.717, 1.165) is 63.5 Å². The Labute approximate surface area is 203 Å². The van der Waals surface area contributed by atoms with Crippen molar-refractivity contribution in [2.75, 3.05) is 19.4 Å². The van der Waals surface area contributed by atoms with Gasteiger partial charge in [-0.3, -0.25) is 9.98 Å². The third-order valence-corrected chi connectivity index (χ3v) is 7.01. The number of para-hydroxylation sites is 1. The molecule has 6 nitrogen and oxygen atoms in total. The van der Waals surface area contributed by atoms with Gasteiger partial charge in [0.05, 0.1) is 16.8 Å². The maximum Gasteiger partial charge on any atom is 0.146 e. The van der Waals surface area contributed by atoms with Gasteiger partial charge >= 0.3 is 0 Å². The molecule has 2 N–H and O–H groups in total. The number of thioether (sulfide) groups is 1. The molecule has 33 heavy (non-hydrogen) atoms. The molecule has 3 heterocycles. The van der Waals surface area contributed by atoms with E-state index in [9.17, 15) is 0 Å². The van der Waals surface area contributed by atoms with Gasteiger partial charge in [0.15, 0.2) is 0 Å². The van der Waals surface area contributed by atoms with Crippen LogP contribution in [0.25, 0.3) is 10.9 Å². The number of hydrogen-bond donors (Lipinski definition) is 1. The van der Waals surface area contributed by atoms with Crippen LogP contribution < -0.4 is 10.5 Å². The average molecular weight is 483 g/mol. The summed E-state index contributed by atoms with van der Waals surface area (Å²) >= 11 is 8.23. The van der Waals surface area contributed by atoms with Crippen LogP contribution in [0.4, 0.5) is 0 Å². The predicted octanol–water partition coefficient (Wildman–Crippen LogP) is 5.33. The summed E-state index contributed by atoms with van der Waals surface area (Å²) in [6.07, 6.45) is 9.28. The Morgan fingerprint density at radius 2 is 2.27 bits per heavy atom. The number of hydrogen-bond acceptors (Lipinski definition) is 7. The molecule has 0 aliphatic carbocycles. The number of aryl methyl sites for hydroxylation is 1. The highest BCUT2D eigenvalue weighted by molar-refractivity contribution is 7.99. The second-order valence-corrected chi connectivity index (χ2v) is 9.23. The molecule has 1 saturated heterocycles. The number of halogens is 1. The number of allylic oxidation sites excluding steroid dienone is 1. The molecule has 2 aromatic heterocycles. The molecule has 0 bridgehead atoms. The van der Waals surface area contributed by atoms with Gasteiger partial charge in [0.1, 0.15) is 17.9 Å². The fraction of sp³-hybridized carbons (Fsp3) is 0.320. The molecule has 1 atom stereocenters. The number of rotatable bonds is 8. The summed E-state index contributed by atoms with van der Waals surface area (Å²) < 4.78 is 12.0. The third kappa shape index (κ3) is 5.49.